The highest BCUT2D eigenvalue weighted by atomic mass is 35.5. The molecule has 0 spiro atoms. The number of nitrogens with zero attached hydrogens (tertiary/aromatic N) is 1. The average molecular weight is 406 g/mol. The molecule has 0 N–H and O–H groups in total. The Bertz CT molecular complexity index is 858. The summed E-state index contributed by atoms with van der Waals surface area (Å²) in [4.78, 5) is 25.4. The molecular weight excluding hydrogens is 386 g/mol. The highest BCUT2D eigenvalue weighted by molar-refractivity contribution is 8.15. The number of carbonyl (C=O) groups is 2. The molecule has 0 unspecified atom stereocenters. The second-order valence-corrected chi connectivity index (χ2v) is 7.59. The van der Waals surface area contributed by atoms with Gasteiger partial charge in [0.25, 0.3) is 5.24 Å². The Morgan fingerprint density at radius 3 is 2.59 bits per heavy atom. The summed E-state index contributed by atoms with van der Waals surface area (Å²) >= 11 is 7.24. The van der Waals surface area contributed by atoms with Gasteiger partial charge in [0.05, 0.1) is 12.4 Å². The van der Waals surface area contributed by atoms with Crippen LogP contribution in [0, 0.1) is 0 Å². The van der Waals surface area contributed by atoms with E-state index in [-0.39, 0.29) is 11.1 Å². The van der Waals surface area contributed by atoms with Crippen LogP contribution in [0.1, 0.15) is 18.1 Å². The Hall–Kier alpha value is -2.18. The Morgan fingerprint density at radius 2 is 1.93 bits per heavy atom. The van der Waals surface area contributed by atoms with E-state index in [4.69, 9.17) is 21.1 Å². The number of benzene rings is 2. The van der Waals surface area contributed by atoms with E-state index < -0.39 is 5.25 Å². The quantitative estimate of drug-likeness (QED) is 0.676. The van der Waals surface area contributed by atoms with Crippen LogP contribution in [0.4, 0.5) is 4.79 Å². The van der Waals surface area contributed by atoms with Gasteiger partial charge in [-0.25, -0.2) is 0 Å². The minimum Gasteiger partial charge on any atom is -0.493 e. The van der Waals surface area contributed by atoms with E-state index >= 15 is 0 Å². The Balaban J connectivity index is 1.70. The van der Waals surface area contributed by atoms with Crippen LogP contribution in [0.25, 0.3) is 0 Å². The smallest absolute Gasteiger partial charge is 0.289 e. The standard InChI is InChI=1S/C20H20ClNO4S/c1-3-22-19(23)18(27-20(22)24)11-13-8-9-16(17(10-13)25-2)26-12-14-6-4-5-7-15(14)21/h4-10,18H,3,11-12H2,1-2H3/t18-/m0/s1. The Labute approximate surface area is 167 Å². The summed E-state index contributed by atoms with van der Waals surface area (Å²) < 4.78 is 11.3. The number of amides is 2. The molecule has 1 atom stereocenters. The summed E-state index contributed by atoms with van der Waals surface area (Å²) in [5, 5.41) is 0.0752. The monoisotopic (exact) mass is 405 g/mol. The molecule has 1 saturated heterocycles. The topological polar surface area (TPSA) is 55.8 Å². The van der Waals surface area contributed by atoms with E-state index in [1.165, 1.54) is 4.90 Å². The van der Waals surface area contributed by atoms with Crippen molar-refractivity contribution in [2.45, 2.75) is 25.2 Å². The van der Waals surface area contributed by atoms with Crippen LogP contribution in [0.3, 0.4) is 0 Å². The molecule has 2 aromatic carbocycles. The number of carbonyl (C=O) groups excluding carboxylic acids is 2. The summed E-state index contributed by atoms with van der Waals surface area (Å²) in [5.74, 6) is 1.04. The first-order valence-corrected chi connectivity index (χ1v) is 9.84. The molecule has 1 aliphatic rings. The van der Waals surface area contributed by atoms with Gasteiger partial charge in [0, 0.05) is 17.1 Å². The van der Waals surface area contributed by atoms with E-state index in [2.05, 4.69) is 0 Å². The van der Waals surface area contributed by atoms with Crippen LogP contribution in [0.5, 0.6) is 11.5 Å². The van der Waals surface area contributed by atoms with Gasteiger partial charge in [0.15, 0.2) is 11.5 Å². The molecule has 0 saturated carbocycles. The molecule has 1 heterocycles. The zero-order chi connectivity index (χ0) is 19.4. The highest BCUT2D eigenvalue weighted by Gasteiger charge is 2.38. The molecule has 7 heteroatoms. The number of ether oxygens (including phenoxy) is 2. The molecule has 2 amide bonds. The third-order valence-corrected chi connectivity index (χ3v) is 5.75. The van der Waals surface area contributed by atoms with Gasteiger partial charge < -0.3 is 9.47 Å². The first-order chi connectivity index (χ1) is 13.0. The second kappa shape index (κ2) is 8.67. The van der Waals surface area contributed by atoms with Gasteiger partial charge in [0.1, 0.15) is 6.61 Å². The molecule has 0 bridgehead atoms. The molecule has 1 fully saturated rings. The van der Waals surface area contributed by atoms with Gasteiger partial charge in [-0.2, -0.15) is 0 Å². The van der Waals surface area contributed by atoms with Crippen molar-refractivity contribution in [1.82, 2.24) is 4.90 Å². The second-order valence-electron chi connectivity index (χ2n) is 6.02. The lowest BCUT2D eigenvalue weighted by atomic mass is 10.1. The van der Waals surface area contributed by atoms with Crippen LogP contribution >= 0.6 is 23.4 Å². The number of halogens is 1. The normalized spacial score (nSPS) is 16.7. The summed E-state index contributed by atoms with van der Waals surface area (Å²) in [6, 6.07) is 13.0. The first-order valence-electron chi connectivity index (χ1n) is 8.58. The van der Waals surface area contributed by atoms with Crippen molar-refractivity contribution in [1.29, 1.82) is 0 Å². The number of thioether (sulfide) groups is 1. The fourth-order valence-corrected chi connectivity index (χ4v) is 4.14. The number of imide groups is 1. The molecule has 2 aromatic rings. The van der Waals surface area contributed by atoms with Gasteiger partial charge in [-0.1, -0.05) is 47.6 Å². The van der Waals surface area contributed by atoms with E-state index in [1.807, 2.05) is 42.5 Å². The molecule has 1 aliphatic heterocycles. The van der Waals surface area contributed by atoms with E-state index in [9.17, 15) is 9.59 Å². The third kappa shape index (κ3) is 4.39. The van der Waals surface area contributed by atoms with Gasteiger partial charge in [-0.3, -0.25) is 14.5 Å². The van der Waals surface area contributed by atoms with Crippen LogP contribution in [-0.2, 0) is 17.8 Å². The molecule has 0 aromatic heterocycles. The molecule has 5 nitrogen and oxygen atoms in total. The largest absolute Gasteiger partial charge is 0.493 e. The number of hydrogen-bond donors (Lipinski definition) is 0. The molecule has 0 aliphatic carbocycles. The Morgan fingerprint density at radius 1 is 1.15 bits per heavy atom. The van der Waals surface area contributed by atoms with E-state index in [0.29, 0.717) is 36.1 Å². The van der Waals surface area contributed by atoms with Crippen molar-refractivity contribution in [3.05, 3.63) is 58.6 Å². The minimum atomic E-state index is -0.392. The third-order valence-electron chi connectivity index (χ3n) is 4.31. The molecular formula is C20H20ClNO4S. The van der Waals surface area contributed by atoms with Crippen LogP contribution in [-0.4, -0.2) is 35.0 Å². The van der Waals surface area contributed by atoms with Crippen molar-refractivity contribution in [2.24, 2.45) is 0 Å². The SMILES string of the molecule is CCN1C(=O)S[C@@H](Cc2ccc(OCc3ccccc3Cl)c(OC)c2)C1=O. The van der Waals surface area contributed by atoms with Crippen molar-refractivity contribution >= 4 is 34.5 Å². The highest BCUT2D eigenvalue weighted by Crippen LogP contribution is 2.33. The molecule has 27 heavy (non-hydrogen) atoms. The van der Waals surface area contributed by atoms with Gasteiger partial charge >= 0.3 is 0 Å². The fourth-order valence-electron chi connectivity index (χ4n) is 2.86. The van der Waals surface area contributed by atoms with Gasteiger partial charge in [0.2, 0.25) is 5.91 Å². The molecule has 0 radical (unpaired) electrons. The summed E-state index contributed by atoms with van der Waals surface area (Å²) in [6.45, 7) is 2.53. The predicted molar refractivity (Wildman–Crippen MR) is 107 cm³/mol. The lowest BCUT2D eigenvalue weighted by Gasteiger charge is -2.14. The van der Waals surface area contributed by atoms with Crippen molar-refractivity contribution < 1.29 is 19.1 Å². The first kappa shape index (κ1) is 19.6. The summed E-state index contributed by atoms with van der Waals surface area (Å²) in [5.41, 5.74) is 1.80. The van der Waals surface area contributed by atoms with Gasteiger partial charge in [-0.15, -0.1) is 0 Å². The number of methoxy groups -OCH3 is 1. The van der Waals surface area contributed by atoms with Crippen molar-refractivity contribution in [3.8, 4) is 11.5 Å². The fraction of sp³-hybridized carbons (Fsp3) is 0.300. The predicted octanol–water partition coefficient (Wildman–Crippen LogP) is 4.55. The average Bonchev–Trinajstić information content (AvgIpc) is 2.94. The number of rotatable bonds is 7. The van der Waals surface area contributed by atoms with E-state index in [1.54, 1.807) is 14.0 Å². The minimum absolute atomic E-state index is 0.134. The van der Waals surface area contributed by atoms with Crippen LogP contribution < -0.4 is 9.47 Å². The van der Waals surface area contributed by atoms with Crippen LogP contribution in [0.2, 0.25) is 5.02 Å². The zero-order valence-electron chi connectivity index (χ0n) is 15.1. The lowest BCUT2D eigenvalue weighted by molar-refractivity contribution is -0.126. The molecule has 3 rings (SSSR count). The van der Waals surface area contributed by atoms with Crippen LogP contribution in [0.15, 0.2) is 42.5 Å². The van der Waals surface area contributed by atoms with Crippen molar-refractivity contribution in [2.75, 3.05) is 13.7 Å². The molecule has 142 valence electrons. The van der Waals surface area contributed by atoms with Gasteiger partial charge in [-0.05, 0) is 37.1 Å². The zero-order valence-corrected chi connectivity index (χ0v) is 16.7. The van der Waals surface area contributed by atoms with Crippen molar-refractivity contribution in [3.63, 3.8) is 0 Å². The Kier molecular flexibility index (Phi) is 6.29. The summed E-state index contributed by atoms with van der Waals surface area (Å²) in [7, 11) is 1.57. The maximum Gasteiger partial charge on any atom is 0.289 e. The summed E-state index contributed by atoms with van der Waals surface area (Å²) in [6.07, 6.45) is 0.465. The lowest BCUT2D eigenvalue weighted by Crippen LogP contribution is -2.31. The van der Waals surface area contributed by atoms with E-state index in [0.717, 1.165) is 22.9 Å². The number of hydrogen-bond acceptors (Lipinski definition) is 5. The maximum atomic E-state index is 12.3. The maximum absolute atomic E-state index is 12.3.